The van der Waals surface area contributed by atoms with Gasteiger partial charge in [0.2, 0.25) is 0 Å². The number of aromatic nitrogens is 3. The molecule has 0 aliphatic carbocycles. The number of hydrogen-bond acceptors (Lipinski definition) is 18. The van der Waals surface area contributed by atoms with Crippen molar-refractivity contribution in [3.8, 4) is 0 Å². The van der Waals surface area contributed by atoms with Crippen LogP contribution in [0.3, 0.4) is 0 Å². The van der Waals surface area contributed by atoms with Gasteiger partial charge in [0.25, 0.3) is 0 Å². The Hall–Kier alpha value is -2.70. The second-order valence-corrected chi connectivity index (χ2v) is 24.1. The Labute approximate surface area is 422 Å². The van der Waals surface area contributed by atoms with Crippen molar-refractivity contribution in [1.29, 1.82) is 0 Å². The molecule has 0 amide bonds. The molecule has 4 heterocycles. The van der Waals surface area contributed by atoms with E-state index in [9.17, 15) is 38.7 Å². The Balaban J connectivity index is 1.38. The number of likely N-dealkylation sites (N-methyl/N-ethyl adjacent to an activating group) is 2. The Morgan fingerprint density at radius 3 is 2.27 bits per heavy atom. The maximum atomic E-state index is 14.6. The van der Waals surface area contributed by atoms with E-state index >= 15 is 0 Å². The Bertz CT molecular complexity index is 2110. The molecule has 20 heteroatoms. The van der Waals surface area contributed by atoms with E-state index in [1.807, 2.05) is 52.9 Å². The third-order valence-electron chi connectivity index (χ3n) is 16.0. The second-order valence-electron chi connectivity index (χ2n) is 22.1. The van der Waals surface area contributed by atoms with E-state index in [1.165, 1.54) is 20.3 Å². The number of ether oxygens (including phenoxy) is 5. The van der Waals surface area contributed by atoms with E-state index in [0.29, 0.717) is 45.6 Å². The molecule has 406 valence electrons. The number of carbonyl (C=O) groups is 1. The number of aliphatic hydroxyl groups excluding tert-OH is 3. The van der Waals surface area contributed by atoms with E-state index < -0.39 is 111 Å². The summed E-state index contributed by atoms with van der Waals surface area (Å²) in [6, 6.07) is 5.83. The fraction of sp³-hybridized carbons (Fsp3) is 0.824. The lowest BCUT2D eigenvalue weighted by Crippen LogP contribution is -2.62. The molecule has 1 aromatic carbocycles. The van der Waals surface area contributed by atoms with Crippen LogP contribution in [0.1, 0.15) is 106 Å². The van der Waals surface area contributed by atoms with Crippen molar-refractivity contribution in [2.45, 2.75) is 203 Å². The SMILES string of the molecule is CC[C@H]1OC(=O)[C@H](C)C([C@H]2C[C@@](C)(OC)[C@@H](O)[C@H](C)O2)[C@H](C)[C@@H](O[C@@H]2O[C@H](C)C[C@H](N(C)CCc3cn(CCNCc4ccc(S(C)(=O)=O)cc4)nn3)[C@H]2O)[C@](C)(O)C[C@@H](C)CN(C)[C@H](C)[C@@H](O)[C@]1(C)O. The molecule has 1 aromatic heterocycles. The van der Waals surface area contributed by atoms with Crippen LogP contribution in [-0.4, -0.2) is 196 Å². The van der Waals surface area contributed by atoms with Gasteiger partial charge in [0.15, 0.2) is 16.1 Å². The van der Waals surface area contributed by atoms with Crippen molar-refractivity contribution in [2.75, 3.05) is 47.1 Å². The molecule has 19 nitrogen and oxygen atoms in total. The summed E-state index contributed by atoms with van der Waals surface area (Å²) in [5.41, 5.74) is -2.73. The highest BCUT2D eigenvalue weighted by molar-refractivity contribution is 7.90. The summed E-state index contributed by atoms with van der Waals surface area (Å²) in [6.45, 7) is 20.6. The van der Waals surface area contributed by atoms with Crippen LogP contribution in [0.25, 0.3) is 0 Å². The summed E-state index contributed by atoms with van der Waals surface area (Å²) >= 11 is 0. The normalized spacial score (nSPS) is 39.7. The Morgan fingerprint density at radius 2 is 1.65 bits per heavy atom. The van der Waals surface area contributed by atoms with Crippen LogP contribution in [0.2, 0.25) is 0 Å². The minimum atomic E-state index is -3.26. The molecule has 0 saturated carbocycles. The molecule has 3 fully saturated rings. The third-order valence-corrected chi connectivity index (χ3v) is 17.1. The predicted molar refractivity (Wildman–Crippen MR) is 267 cm³/mol. The molecule has 0 spiro atoms. The second kappa shape index (κ2) is 24.3. The van der Waals surface area contributed by atoms with Gasteiger partial charge in [-0.1, -0.05) is 45.0 Å². The monoisotopic (exact) mass is 1020 g/mol. The van der Waals surface area contributed by atoms with E-state index in [-0.39, 0.29) is 36.2 Å². The van der Waals surface area contributed by atoms with Gasteiger partial charge >= 0.3 is 5.97 Å². The Kier molecular flexibility index (Phi) is 20.3. The van der Waals surface area contributed by atoms with Crippen molar-refractivity contribution in [1.82, 2.24) is 30.1 Å². The minimum Gasteiger partial charge on any atom is -0.459 e. The van der Waals surface area contributed by atoms with Crippen LogP contribution in [0.4, 0.5) is 0 Å². The lowest BCUT2D eigenvalue weighted by molar-refractivity contribution is -0.302. The molecule has 2 aromatic rings. The maximum absolute atomic E-state index is 14.6. The summed E-state index contributed by atoms with van der Waals surface area (Å²) in [7, 11) is 2.06. The molecule has 3 saturated heterocycles. The average Bonchev–Trinajstić information content (AvgIpc) is 3.76. The number of carbonyl (C=O) groups excluding carboxylic acids is 1. The predicted octanol–water partition coefficient (Wildman–Crippen LogP) is 2.57. The van der Waals surface area contributed by atoms with Crippen LogP contribution in [-0.2, 0) is 57.8 Å². The molecule has 3 aliphatic heterocycles. The van der Waals surface area contributed by atoms with Crippen molar-refractivity contribution in [3.05, 3.63) is 41.7 Å². The fourth-order valence-electron chi connectivity index (χ4n) is 11.5. The zero-order valence-electron chi connectivity index (χ0n) is 44.8. The third kappa shape index (κ3) is 14.4. The van der Waals surface area contributed by atoms with E-state index in [0.717, 1.165) is 11.3 Å². The van der Waals surface area contributed by atoms with E-state index in [2.05, 4.69) is 20.5 Å². The number of rotatable bonds is 15. The molecule has 6 N–H and O–H groups in total. The Morgan fingerprint density at radius 1 is 0.986 bits per heavy atom. The van der Waals surface area contributed by atoms with Gasteiger partial charge in [-0.2, -0.15) is 0 Å². The summed E-state index contributed by atoms with van der Waals surface area (Å²) in [6.07, 6.45) is -3.77. The molecule has 1 unspecified atom stereocenters. The van der Waals surface area contributed by atoms with Gasteiger partial charge in [0, 0.05) is 76.6 Å². The number of esters is 1. The van der Waals surface area contributed by atoms with Crippen LogP contribution < -0.4 is 5.32 Å². The molecular formula is C51H88N6O13S. The summed E-state index contributed by atoms with van der Waals surface area (Å²) in [5.74, 6) is -3.16. The number of aliphatic hydroxyl groups is 5. The fourth-order valence-corrected chi connectivity index (χ4v) is 12.1. The largest absolute Gasteiger partial charge is 0.459 e. The van der Waals surface area contributed by atoms with Gasteiger partial charge in [-0.25, -0.2) is 8.42 Å². The first kappa shape index (κ1) is 59.2. The summed E-state index contributed by atoms with van der Waals surface area (Å²) in [5, 5.41) is 72.1. The number of hydrogen-bond donors (Lipinski definition) is 6. The number of benzene rings is 1. The molecule has 0 bridgehead atoms. The minimum absolute atomic E-state index is 0.177. The molecule has 18 atom stereocenters. The van der Waals surface area contributed by atoms with Gasteiger partial charge < -0.3 is 64.3 Å². The molecular weight excluding hydrogens is 937 g/mol. The lowest BCUT2D eigenvalue weighted by atomic mass is 9.68. The van der Waals surface area contributed by atoms with Crippen molar-refractivity contribution in [3.63, 3.8) is 0 Å². The molecule has 71 heavy (non-hydrogen) atoms. The van der Waals surface area contributed by atoms with Crippen LogP contribution in [0.5, 0.6) is 0 Å². The van der Waals surface area contributed by atoms with Crippen LogP contribution in [0, 0.1) is 23.7 Å². The first-order chi connectivity index (χ1) is 33.0. The topological polar surface area (TPSA) is 248 Å². The zero-order chi connectivity index (χ0) is 53.0. The number of sulfone groups is 1. The van der Waals surface area contributed by atoms with Crippen molar-refractivity contribution < 1.29 is 62.4 Å². The smallest absolute Gasteiger partial charge is 0.309 e. The number of cyclic esters (lactones) is 1. The highest BCUT2D eigenvalue weighted by Gasteiger charge is 2.55. The maximum Gasteiger partial charge on any atom is 0.309 e. The molecule has 0 radical (unpaired) electrons. The zero-order valence-corrected chi connectivity index (χ0v) is 45.6. The van der Waals surface area contributed by atoms with Gasteiger partial charge in [-0.05, 0) is 104 Å². The number of nitrogens with zero attached hydrogens (tertiary/aromatic N) is 5. The van der Waals surface area contributed by atoms with Crippen molar-refractivity contribution >= 4 is 15.8 Å². The summed E-state index contributed by atoms with van der Waals surface area (Å²) in [4.78, 5) is 18.9. The lowest BCUT2D eigenvalue weighted by Gasteiger charge is -2.51. The van der Waals surface area contributed by atoms with E-state index in [4.69, 9.17) is 23.7 Å². The van der Waals surface area contributed by atoms with Crippen LogP contribution in [0.15, 0.2) is 35.4 Å². The highest BCUT2D eigenvalue weighted by atomic mass is 32.2. The molecule has 3 aliphatic rings. The van der Waals surface area contributed by atoms with Crippen LogP contribution >= 0.6 is 0 Å². The van der Waals surface area contributed by atoms with Gasteiger partial charge in [0.1, 0.15) is 30.0 Å². The number of nitrogens with one attached hydrogen (secondary N) is 1. The standard InChI is InChI=1S/C51H88N6O13S/c1-15-41-51(10,63)44(59)34(6)56(12)28-30(2)25-49(8,62)46(32(4)42(33(5)47(61)69-41)40-26-50(9,66-13)45(60)35(7)68-40)70-48-43(58)39(24-31(3)67-48)55(11)22-20-37-29-57(54-53-37)23-21-52-27-36-16-18-38(19-17-36)71(14,64)65/h16-19,29-35,39-46,48,52,58-60,62-63H,15,20-28H2,1-14H3/t30-,31-,32+,33-,34-,35+,39+,40-,41-,42?,43-,44-,45+,46-,48+,49-,50-,51-/m1/s1. The average molecular weight is 1030 g/mol. The first-order valence-corrected chi connectivity index (χ1v) is 27.4. The van der Waals surface area contributed by atoms with Gasteiger partial charge in [-0.15, -0.1) is 5.10 Å². The van der Waals surface area contributed by atoms with Gasteiger partial charge in [0.05, 0.1) is 58.7 Å². The quantitative estimate of drug-likeness (QED) is 0.111. The highest BCUT2D eigenvalue weighted by Crippen LogP contribution is 2.45. The summed E-state index contributed by atoms with van der Waals surface area (Å²) < 4.78 is 57.5. The van der Waals surface area contributed by atoms with E-state index in [1.54, 1.807) is 63.6 Å². The molecule has 5 rings (SSSR count). The van der Waals surface area contributed by atoms with Gasteiger partial charge in [-0.3, -0.25) is 9.48 Å². The first-order valence-electron chi connectivity index (χ1n) is 25.5. The number of methoxy groups -OCH3 is 1. The van der Waals surface area contributed by atoms with Crippen molar-refractivity contribution in [2.24, 2.45) is 23.7 Å².